The molecule has 0 aromatic heterocycles. The summed E-state index contributed by atoms with van der Waals surface area (Å²) in [6.45, 7) is 2.90. The molecule has 0 aliphatic carbocycles. The Hall–Kier alpha value is -2.53. The number of Topliss-reactive ketones (excluding diaryl/α,β-unsaturated/α-hetero) is 1. The maximum absolute atomic E-state index is 12.7. The van der Waals surface area contributed by atoms with E-state index in [0.717, 1.165) is 23.5 Å². The van der Waals surface area contributed by atoms with Crippen molar-refractivity contribution < 1.29 is 14.3 Å². The summed E-state index contributed by atoms with van der Waals surface area (Å²) >= 11 is 6.12. The first-order valence-electron chi connectivity index (χ1n) is 8.96. The van der Waals surface area contributed by atoms with Crippen molar-refractivity contribution in [1.82, 2.24) is 0 Å². The van der Waals surface area contributed by atoms with Crippen molar-refractivity contribution in [2.45, 2.75) is 19.8 Å². The third-order valence-corrected chi connectivity index (χ3v) is 4.89. The predicted molar refractivity (Wildman–Crippen MR) is 108 cm³/mol. The van der Waals surface area contributed by atoms with Gasteiger partial charge in [-0.1, -0.05) is 23.7 Å². The van der Waals surface area contributed by atoms with E-state index < -0.39 is 0 Å². The van der Waals surface area contributed by atoms with E-state index in [9.17, 15) is 9.59 Å². The summed E-state index contributed by atoms with van der Waals surface area (Å²) in [5, 5.41) is 0.601. The van der Waals surface area contributed by atoms with Crippen LogP contribution in [0.1, 0.15) is 18.9 Å². The number of aryl methyl sites for hydroxylation is 1. The number of ether oxygens (including phenoxy) is 1. The highest BCUT2D eigenvalue weighted by Gasteiger charge is 2.25. The predicted octanol–water partition coefficient (Wildman–Crippen LogP) is 3.72. The maximum atomic E-state index is 12.7. The Balaban J connectivity index is 1.62. The van der Waals surface area contributed by atoms with Crippen LogP contribution in [0.2, 0.25) is 5.02 Å². The molecular formula is C21H23ClN2O3. The zero-order valence-corrected chi connectivity index (χ0v) is 16.3. The average molecular weight is 387 g/mol. The monoisotopic (exact) mass is 386 g/mol. The lowest BCUT2D eigenvalue weighted by Gasteiger charge is -2.35. The lowest BCUT2D eigenvalue weighted by atomic mass is 10.1. The minimum absolute atomic E-state index is 0.0392. The molecule has 1 aliphatic rings. The van der Waals surface area contributed by atoms with Crippen LogP contribution in [0.4, 0.5) is 11.4 Å². The number of likely N-dealkylation sites (N-methyl/N-ethyl adjacent to an activating group) is 1. The fourth-order valence-electron chi connectivity index (χ4n) is 3.08. The van der Waals surface area contributed by atoms with Crippen LogP contribution < -0.4 is 14.5 Å². The van der Waals surface area contributed by atoms with Crippen LogP contribution >= 0.6 is 11.6 Å². The van der Waals surface area contributed by atoms with Crippen molar-refractivity contribution in [3.8, 4) is 5.75 Å². The number of fused-ring (bicyclic) bond motifs is 1. The van der Waals surface area contributed by atoms with Gasteiger partial charge in [0, 0.05) is 31.6 Å². The van der Waals surface area contributed by atoms with E-state index in [0.29, 0.717) is 30.2 Å². The number of ketones is 1. The summed E-state index contributed by atoms with van der Waals surface area (Å²) in [7, 11) is 2.00. The zero-order chi connectivity index (χ0) is 19.4. The summed E-state index contributed by atoms with van der Waals surface area (Å²) in [6, 6.07) is 13.1. The van der Waals surface area contributed by atoms with Crippen molar-refractivity contribution in [2.75, 3.05) is 36.5 Å². The molecule has 2 aromatic rings. The van der Waals surface area contributed by atoms with E-state index in [1.807, 2.05) is 49.5 Å². The van der Waals surface area contributed by atoms with Gasteiger partial charge in [-0.2, -0.15) is 0 Å². The molecule has 5 nitrogen and oxygen atoms in total. The van der Waals surface area contributed by atoms with Crippen molar-refractivity contribution in [3.05, 3.63) is 53.1 Å². The molecule has 142 valence electrons. The molecule has 0 radical (unpaired) electrons. The lowest BCUT2D eigenvalue weighted by molar-refractivity contribution is -0.120. The summed E-state index contributed by atoms with van der Waals surface area (Å²) in [5.74, 6) is 0.705. The second-order valence-corrected chi connectivity index (χ2v) is 7.17. The molecule has 1 heterocycles. The molecule has 0 spiro atoms. The molecule has 0 saturated carbocycles. The highest BCUT2D eigenvalue weighted by Crippen LogP contribution is 2.34. The smallest absolute Gasteiger partial charge is 0.265 e. The molecule has 0 unspecified atom stereocenters. The van der Waals surface area contributed by atoms with Crippen molar-refractivity contribution in [1.29, 1.82) is 0 Å². The van der Waals surface area contributed by atoms with Gasteiger partial charge in [-0.15, -0.1) is 0 Å². The topological polar surface area (TPSA) is 49.9 Å². The number of carbonyl (C=O) groups excluding carboxylic acids is 2. The van der Waals surface area contributed by atoms with Crippen LogP contribution in [-0.4, -0.2) is 38.4 Å². The van der Waals surface area contributed by atoms with Crippen LogP contribution in [-0.2, 0) is 16.0 Å². The molecule has 1 amide bonds. The number of rotatable bonds is 6. The minimum atomic E-state index is -0.104. The molecule has 27 heavy (non-hydrogen) atoms. The van der Waals surface area contributed by atoms with Crippen LogP contribution in [0, 0.1) is 0 Å². The molecule has 0 fully saturated rings. The van der Waals surface area contributed by atoms with Crippen LogP contribution in [0.3, 0.4) is 0 Å². The largest absolute Gasteiger partial charge is 0.484 e. The number of hydrogen-bond acceptors (Lipinski definition) is 4. The number of nitrogens with zero attached hydrogens (tertiary/aromatic N) is 2. The SMILES string of the molecule is CC(=O)CCc1ccc(OCC(=O)N2CCN(C)c3ccc(Cl)cc32)cc1. The minimum Gasteiger partial charge on any atom is -0.484 e. The van der Waals surface area contributed by atoms with Crippen molar-refractivity contribution >= 4 is 34.7 Å². The molecule has 0 bridgehead atoms. The lowest BCUT2D eigenvalue weighted by Crippen LogP contribution is -2.44. The number of anilines is 2. The van der Waals surface area contributed by atoms with Crippen molar-refractivity contribution in [2.24, 2.45) is 0 Å². The van der Waals surface area contributed by atoms with Gasteiger partial charge in [0.2, 0.25) is 0 Å². The maximum Gasteiger partial charge on any atom is 0.265 e. The number of carbonyl (C=O) groups is 2. The van der Waals surface area contributed by atoms with Gasteiger partial charge >= 0.3 is 0 Å². The van der Waals surface area contributed by atoms with Gasteiger partial charge in [-0.25, -0.2) is 0 Å². The van der Waals surface area contributed by atoms with Gasteiger partial charge in [0.25, 0.3) is 5.91 Å². The fraction of sp³-hybridized carbons (Fsp3) is 0.333. The average Bonchev–Trinajstić information content (AvgIpc) is 2.65. The van der Waals surface area contributed by atoms with Gasteiger partial charge in [-0.3, -0.25) is 4.79 Å². The quantitative estimate of drug-likeness (QED) is 0.759. The zero-order valence-electron chi connectivity index (χ0n) is 15.6. The summed E-state index contributed by atoms with van der Waals surface area (Å²) in [6.07, 6.45) is 1.25. The molecule has 0 saturated heterocycles. The highest BCUT2D eigenvalue weighted by molar-refractivity contribution is 6.31. The van der Waals surface area contributed by atoms with Crippen molar-refractivity contribution in [3.63, 3.8) is 0 Å². The Bertz CT molecular complexity index is 836. The van der Waals surface area contributed by atoms with Gasteiger partial charge in [0.1, 0.15) is 11.5 Å². The molecule has 2 aromatic carbocycles. The Morgan fingerprint density at radius 1 is 1.07 bits per heavy atom. The van der Waals surface area contributed by atoms with E-state index in [2.05, 4.69) is 4.90 Å². The third-order valence-electron chi connectivity index (χ3n) is 4.65. The summed E-state index contributed by atoms with van der Waals surface area (Å²) in [4.78, 5) is 27.6. The standard InChI is InChI=1S/C21H23ClN2O3/c1-15(25)3-4-16-5-8-18(9-6-16)27-14-21(26)24-12-11-23(2)19-10-7-17(22)13-20(19)24/h5-10,13H,3-4,11-12,14H2,1-2H3. The molecule has 6 heteroatoms. The first-order chi connectivity index (χ1) is 12.9. The van der Waals surface area contributed by atoms with Gasteiger partial charge in [-0.05, 0) is 49.2 Å². The Labute approximate surface area is 164 Å². The Morgan fingerprint density at radius 3 is 2.52 bits per heavy atom. The van der Waals surface area contributed by atoms with E-state index in [1.54, 1.807) is 11.8 Å². The summed E-state index contributed by atoms with van der Waals surface area (Å²) < 4.78 is 5.67. The van der Waals surface area contributed by atoms with E-state index in [1.165, 1.54) is 0 Å². The van der Waals surface area contributed by atoms with Gasteiger partial charge < -0.3 is 19.3 Å². The second kappa shape index (κ2) is 8.44. The number of amides is 1. The normalized spacial score (nSPS) is 13.3. The molecular weight excluding hydrogens is 364 g/mol. The third kappa shape index (κ3) is 4.80. The van der Waals surface area contributed by atoms with E-state index in [-0.39, 0.29) is 18.3 Å². The highest BCUT2D eigenvalue weighted by atomic mass is 35.5. The molecule has 1 aliphatic heterocycles. The number of benzene rings is 2. The Kier molecular flexibility index (Phi) is 6.01. The fourth-order valence-corrected chi connectivity index (χ4v) is 3.25. The molecule has 0 atom stereocenters. The molecule has 0 N–H and O–H groups in total. The first-order valence-corrected chi connectivity index (χ1v) is 9.34. The van der Waals surface area contributed by atoms with Crippen LogP contribution in [0.5, 0.6) is 5.75 Å². The Morgan fingerprint density at radius 2 is 1.81 bits per heavy atom. The first kappa shape index (κ1) is 19.2. The van der Waals surface area contributed by atoms with E-state index >= 15 is 0 Å². The van der Waals surface area contributed by atoms with Gasteiger partial charge in [0.15, 0.2) is 6.61 Å². The van der Waals surface area contributed by atoms with Gasteiger partial charge in [0.05, 0.1) is 11.4 Å². The molecule has 3 rings (SSSR count). The number of hydrogen-bond donors (Lipinski definition) is 0. The summed E-state index contributed by atoms with van der Waals surface area (Å²) in [5.41, 5.74) is 2.87. The number of halogens is 1. The second-order valence-electron chi connectivity index (χ2n) is 6.73. The van der Waals surface area contributed by atoms with Crippen LogP contribution in [0.15, 0.2) is 42.5 Å². The van der Waals surface area contributed by atoms with E-state index in [4.69, 9.17) is 16.3 Å². The van der Waals surface area contributed by atoms with Crippen LogP contribution in [0.25, 0.3) is 0 Å².